The van der Waals surface area contributed by atoms with Crippen molar-refractivity contribution in [2.45, 2.75) is 44.9 Å². The number of nitrogen functional groups attached to an aromatic ring is 1. The summed E-state index contributed by atoms with van der Waals surface area (Å²) < 4.78 is 5.33. The van der Waals surface area contributed by atoms with Crippen LogP contribution in [-0.4, -0.2) is 40.8 Å². The Balaban J connectivity index is 2.92. The lowest BCUT2D eigenvalue weighted by atomic mass is 9.82. The van der Waals surface area contributed by atoms with Crippen LogP contribution in [-0.2, 0) is 20.9 Å². The SMILES string of the molecule is CN[C@](CC(C)C)(C(=O)OCc1ccc(N)cc1)[C@@H](O)CC(=O)O. The molecule has 0 aliphatic rings. The van der Waals surface area contributed by atoms with Crippen LogP contribution in [0, 0.1) is 5.92 Å². The largest absolute Gasteiger partial charge is 0.481 e. The van der Waals surface area contributed by atoms with Crippen molar-refractivity contribution in [2.75, 3.05) is 12.8 Å². The van der Waals surface area contributed by atoms with Gasteiger partial charge in [-0.25, -0.2) is 4.79 Å². The molecule has 0 heterocycles. The van der Waals surface area contributed by atoms with E-state index in [4.69, 9.17) is 15.6 Å². The number of hydrogen-bond donors (Lipinski definition) is 4. The number of carboxylic acid groups (broad SMARTS) is 1. The van der Waals surface area contributed by atoms with Crippen LogP contribution in [0.5, 0.6) is 0 Å². The second kappa shape index (κ2) is 8.65. The van der Waals surface area contributed by atoms with Crippen LogP contribution >= 0.6 is 0 Å². The maximum absolute atomic E-state index is 12.6. The zero-order chi connectivity index (χ0) is 18.3. The molecule has 1 rings (SSSR count). The van der Waals surface area contributed by atoms with Gasteiger partial charge in [0, 0.05) is 5.69 Å². The van der Waals surface area contributed by atoms with E-state index in [2.05, 4.69) is 5.32 Å². The number of nitrogens with two attached hydrogens (primary N) is 1. The van der Waals surface area contributed by atoms with E-state index in [1.165, 1.54) is 7.05 Å². The molecule has 2 atom stereocenters. The highest BCUT2D eigenvalue weighted by atomic mass is 16.5. The third kappa shape index (κ3) is 5.21. The molecule has 0 amide bonds. The Kier molecular flexibility index (Phi) is 7.18. The zero-order valence-corrected chi connectivity index (χ0v) is 14.3. The summed E-state index contributed by atoms with van der Waals surface area (Å²) in [6.07, 6.45) is -1.70. The van der Waals surface area contributed by atoms with Crippen LogP contribution in [0.3, 0.4) is 0 Å². The van der Waals surface area contributed by atoms with Crippen molar-refractivity contribution >= 4 is 17.6 Å². The highest BCUT2D eigenvalue weighted by molar-refractivity contribution is 5.83. The highest BCUT2D eigenvalue weighted by Crippen LogP contribution is 2.25. The van der Waals surface area contributed by atoms with Crippen LogP contribution in [0.1, 0.15) is 32.3 Å². The van der Waals surface area contributed by atoms with E-state index in [9.17, 15) is 14.7 Å². The van der Waals surface area contributed by atoms with Crippen molar-refractivity contribution in [1.29, 1.82) is 0 Å². The molecule has 0 fully saturated rings. The molecule has 0 saturated carbocycles. The number of rotatable bonds is 9. The van der Waals surface area contributed by atoms with Crippen LogP contribution in [0.15, 0.2) is 24.3 Å². The minimum Gasteiger partial charge on any atom is -0.481 e. The summed E-state index contributed by atoms with van der Waals surface area (Å²) in [6, 6.07) is 6.86. The van der Waals surface area contributed by atoms with Gasteiger partial charge in [0.2, 0.25) is 0 Å². The molecule has 0 aliphatic carbocycles. The van der Waals surface area contributed by atoms with Gasteiger partial charge >= 0.3 is 11.9 Å². The Morgan fingerprint density at radius 3 is 2.33 bits per heavy atom. The van der Waals surface area contributed by atoms with Gasteiger partial charge in [0.25, 0.3) is 0 Å². The molecule has 0 aliphatic heterocycles. The first-order chi connectivity index (χ1) is 11.2. The number of esters is 1. The Labute approximate surface area is 141 Å². The molecule has 0 saturated heterocycles. The first-order valence-electron chi connectivity index (χ1n) is 7.81. The van der Waals surface area contributed by atoms with E-state index in [1.807, 2.05) is 13.8 Å². The number of carboxylic acids is 1. The number of aliphatic carboxylic acids is 1. The highest BCUT2D eigenvalue weighted by Gasteiger charge is 2.46. The van der Waals surface area contributed by atoms with E-state index < -0.39 is 30.0 Å². The average Bonchev–Trinajstić information content (AvgIpc) is 2.50. The number of carbonyl (C=O) groups excluding carboxylic acids is 1. The van der Waals surface area contributed by atoms with Crippen molar-refractivity contribution in [3.63, 3.8) is 0 Å². The number of anilines is 1. The third-order valence-corrected chi connectivity index (χ3v) is 3.83. The van der Waals surface area contributed by atoms with Gasteiger partial charge in [-0.1, -0.05) is 26.0 Å². The zero-order valence-electron chi connectivity index (χ0n) is 14.3. The predicted octanol–water partition coefficient (Wildman–Crippen LogP) is 1.15. The van der Waals surface area contributed by atoms with Crippen LogP contribution in [0.25, 0.3) is 0 Å². The van der Waals surface area contributed by atoms with Gasteiger partial charge in [0.15, 0.2) is 0 Å². The standard InChI is InChI=1S/C17H26N2O5/c1-11(2)9-17(19-3,14(20)8-15(21)22)16(23)24-10-12-4-6-13(18)7-5-12/h4-7,11,14,19-20H,8-10,18H2,1-3H3,(H,21,22)/t14-,17-/m0/s1. The van der Waals surface area contributed by atoms with Crippen molar-refractivity contribution in [3.8, 4) is 0 Å². The molecule has 0 aromatic heterocycles. The summed E-state index contributed by atoms with van der Waals surface area (Å²) in [5.74, 6) is -1.81. The maximum Gasteiger partial charge on any atom is 0.329 e. The molecule has 1 aromatic carbocycles. The van der Waals surface area contributed by atoms with Gasteiger partial charge in [-0.2, -0.15) is 0 Å². The topological polar surface area (TPSA) is 122 Å². The van der Waals surface area contributed by atoms with Crippen molar-refractivity contribution in [3.05, 3.63) is 29.8 Å². The van der Waals surface area contributed by atoms with E-state index in [0.29, 0.717) is 5.69 Å². The molecule has 0 unspecified atom stereocenters. The van der Waals surface area contributed by atoms with Gasteiger partial charge in [-0.05, 0) is 37.1 Å². The van der Waals surface area contributed by atoms with E-state index in [-0.39, 0.29) is 18.9 Å². The summed E-state index contributed by atoms with van der Waals surface area (Å²) >= 11 is 0. The molecule has 5 N–H and O–H groups in total. The summed E-state index contributed by atoms with van der Waals surface area (Å²) in [5, 5.41) is 22.1. The van der Waals surface area contributed by atoms with Gasteiger partial charge in [-0.3, -0.25) is 4.79 Å². The Bertz CT molecular complexity index is 559. The summed E-state index contributed by atoms with van der Waals surface area (Å²) in [4.78, 5) is 23.6. The number of likely N-dealkylation sites (N-methyl/N-ethyl adjacent to an activating group) is 1. The minimum absolute atomic E-state index is 0.0143. The lowest BCUT2D eigenvalue weighted by molar-refractivity contribution is -0.161. The number of nitrogens with one attached hydrogen (secondary N) is 1. The fourth-order valence-electron chi connectivity index (χ4n) is 2.60. The molecule has 0 bridgehead atoms. The molecular weight excluding hydrogens is 312 g/mol. The number of aliphatic hydroxyl groups excluding tert-OH is 1. The second-order valence-corrected chi connectivity index (χ2v) is 6.25. The number of aliphatic hydroxyl groups is 1. The van der Waals surface area contributed by atoms with E-state index in [1.54, 1.807) is 24.3 Å². The third-order valence-electron chi connectivity index (χ3n) is 3.83. The molecule has 7 nitrogen and oxygen atoms in total. The molecule has 7 heteroatoms. The van der Waals surface area contributed by atoms with Crippen LogP contribution in [0.4, 0.5) is 5.69 Å². The number of hydrogen-bond acceptors (Lipinski definition) is 6. The van der Waals surface area contributed by atoms with E-state index >= 15 is 0 Å². The summed E-state index contributed by atoms with van der Waals surface area (Å²) in [5.41, 5.74) is 5.49. The smallest absolute Gasteiger partial charge is 0.329 e. The average molecular weight is 338 g/mol. The Hall–Kier alpha value is -2.12. The lowest BCUT2D eigenvalue weighted by Crippen LogP contribution is -2.60. The monoisotopic (exact) mass is 338 g/mol. The maximum atomic E-state index is 12.6. The Morgan fingerprint density at radius 1 is 1.29 bits per heavy atom. The van der Waals surface area contributed by atoms with Gasteiger partial charge in [0.05, 0.1) is 12.5 Å². The summed E-state index contributed by atoms with van der Waals surface area (Å²) in [6.45, 7) is 3.78. The van der Waals surface area contributed by atoms with Crippen LogP contribution < -0.4 is 11.1 Å². The number of ether oxygens (including phenoxy) is 1. The minimum atomic E-state index is -1.47. The van der Waals surface area contributed by atoms with Crippen molar-refractivity contribution in [2.24, 2.45) is 5.92 Å². The van der Waals surface area contributed by atoms with E-state index in [0.717, 1.165) is 5.56 Å². The molecule has 134 valence electrons. The quantitative estimate of drug-likeness (QED) is 0.393. The fourth-order valence-corrected chi connectivity index (χ4v) is 2.60. The normalized spacial score (nSPS) is 14.9. The molecule has 0 spiro atoms. The van der Waals surface area contributed by atoms with Crippen molar-refractivity contribution in [1.82, 2.24) is 5.32 Å². The van der Waals surface area contributed by atoms with Gasteiger partial charge < -0.3 is 26.0 Å². The lowest BCUT2D eigenvalue weighted by Gasteiger charge is -2.36. The van der Waals surface area contributed by atoms with Crippen molar-refractivity contribution < 1.29 is 24.5 Å². The number of benzene rings is 1. The summed E-state index contributed by atoms with van der Waals surface area (Å²) in [7, 11) is 1.51. The fraction of sp³-hybridized carbons (Fsp3) is 0.529. The molecule has 0 radical (unpaired) electrons. The first kappa shape index (κ1) is 19.9. The molecular formula is C17H26N2O5. The van der Waals surface area contributed by atoms with Gasteiger partial charge in [-0.15, -0.1) is 0 Å². The number of carbonyl (C=O) groups is 2. The predicted molar refractivity (Wildman–Crippen MR) is 90.2 cm³/mol. The van der Waals surface area contributed by atoms with Gasteiger partial charge in [0.1, 0.15) is 12.1 Å². The Morgan fingerprint density at radius 2 is 1.88 bits per heavy atom. The molecule has 1 aromatic rings. The molecule has 24 heavy (non-hydrogen) atoms. The second-order valence-electron chi connectivity index (χ2n) is 6.25. The first-order valence-corrected chi connectivity index (χ1v) is 7.81. The van der Waals surface area contributed by atoms with Crippen LogP contribution in [0.2, 0.25) is 0 Å².